The number of furan rings is 1. The summed E-state index contributed by atoms with van der Waals surface area (Å²) in [6.07, 6.45) is 4.36. The molecule has 0 atom stereocenters. The van der Waals surface area contributed by atoms with Crippen LogP contribution in [-0.2, 0) is 17.9 Å². The third-order valence-electron chi connectivity index (χ3n) is 5.78. The molecule has 0 bridgehead atoms. The number of hydrogen-bond donors (Lipinski definition) is 1. The van der Waals surface area contributed by atoms with E-state index < -0.39 is 0 Å². The molecule has 1 aliphatic heterocycles. The lowest BCUT2D eigenvalue weighted by Crippen LogP contribution is -2.42. The van der Waals surface area contributed by atoms with Gasteiger partial charge in [-0.3, -0.25) is 14.5 Å². The predicted octanol–water partition coefficient (Wildman–Crippen LogP) is 3.29. The van der Waals surface area contributed by atoms with Crippen molar-refractivity contribution >= 4 is 11.8 Å². The highest BCUT2D eigenvalue weighted by Gasteiger charge is 2.28. The number of nitrogens with zero attached hydrogens (tertiary/aromatic N) is 2. The van der Waals surface area contributed by atoms with Crippen LogP contribution in [0, 0.1) is 5.92 Å². The van der Waals surface area contributed by atoms with Crippen LogP contribution in [0.5, 0.6) is 0 Å². The summed E-state index contributed by atoms with van der Waals surface area (Å²) < 4.78 is 4.99. The minimum absolute atomic E-state index is 0.0251. The molecule has 0 unspecified atom stereocenters. The lowest BCUT2D eigenvalue weighted by atomic mass is 9.95. The molecule has 29 heavy (non-hydrogen) atoms. The van der Waals surface area contributed by atoms with Crippen LogP contribution in [0.15, 0.2) is 47.3 Å². The third-order valence-corrected chi connectivity index (χ3v) is 5.78. The van der Waals surface area contributed by atoms with Gasteiger partial charge in [-0.2, -0.15) is 0 Å². The Kier molecular flexibility index (Phi) is 7.47. The Bertz CT molecular complexity index is 791. The van der Waals surface area contributed by atoms with Crippen LogP contribution in [0.2, 0.25) is 0 Å². The van der Waals surface area contributed by atoms with E-state index in [9.17, 15) is 9.59 Å². The zero-order chi connectivity index (χ0) is 20.6. The van der Waals surface area contributed by atoms with Crippen LogP contribution in [-0.4, -0.2) is 47.8 Å². The molecule has 1 fully saturated rings. The van der Waals surface area contributed by atoms with Gasteiger partial charge in [0.15, 0.2) is 0 Å². The van der Waals surface area contributed by atoms with Crippen molar-refractivity contribution < 1.29 is 14.0 Å². The van der Waals surface area contributed by atoms with E-state index >= 15 is 0 Å². The van der Waals surface area contributed by atoms with Gasteiger partial charge in [0, 0.05) is 32.1 Å². The van der Waals surface area contributed by atoms with E-state index in [0.717, 1.165) is 19.6 Å². The average molecular weight is 398 g/mol. The molecule has 1 aromatic carbocycles. The van der Waals surface area contributed by atoms with Crippen LogP contribution in [0.3, 0.4) is 0 Å². The number of benzene rings is 1. The van der Waals surface area contributed by atoms with Gasteiger partial charge >= 0.3 is 0 Å². The second-order valence-electron chi connectivity index (χ2n) is 7.53. The SMILES string of the molecule is CCN(CC)Cc1ccccc1CNC(=O)C1CCN(C(=O)c2ccoc2)CC1. The number of piperidine rings is 1. The number of amides is 2. The molecule has 0 aliphatic carbocycles. The maximum Gasteiger partial charge on any atom is 0.257 e. The zero-order valence-electron chi connectivity index (χ0n) is 17.4. The Hall–Kier alpha value is -2.60. The molecule has 1 saturated heterocycles. The maximum atomic E-state index is 12.7. The first kappa shape index (κ1) is 21.1. The van der Waals surface area contributed by atoms with Crippen molar-refractivity contribution in [1.82, 2.24) is 15.1 Å². The van der Waals surface area contributed by atoms with E-state index in [4.69, 9.17) is 4.42 Å². The molecule has 1 N–H and O–H groups in total. The summed E-state index contributed by atoms with van der Waals surface area (Å²) in [6.45, 7) is 8.98. The Labute approximate surface area is 172 Å². The summed E-state index contributed by atoms with van der Waals surface area (Å²) in [5.41, 5.74) is 3.00. The molecular weight excluding hydrogens is 366 g/mol. The van der Waals surface area contributed by atoms with E-state index in [0.29, 0.717) is 38.0 Å². The molecule has 1 aromatic heterocycles. The van der Waals surface area contributed by atoms with Crippen molar-refractivity contribution in [2.45, 2.75) is 39.8 Å². The van der Waals surface area contributed by atoms with Gasteiger partial charge in [-0.05, 0) is 43.1 Å². The molecule has 6 heteroatoms. The first-order chi connectivity index (χ1) is 14.1. The lowest BCUT2D eigenvalue weighted by molar-refractivity contribution is -0.126. The minimum Gasteiger partial charge on any atom is -0.472 e. The monoisotopic (exact) mass is 397 g/mol. The molecule has 0 saturated carbocycles. The van der Waals surface area contributed by atoms with E-state index in [1.807, 2.05) is 6.07 Å². The molecule has 156 valence electrons. The van der Waals surface area contributed by atoms with Gasteiger partial charge in [0.05, 0.1) is 11.8 Å². The van der Waals surface area contributed by atoms with Gasteiger partial charge in [-0.25, -0.2) is 0 Å². The summed E-state index contributed by atoms with van der Waals surface area (Å²) in [4.78, 5) is 29.2. The lowest BCUT2D eigenvalue weighted by Gasteiger charge is -2.31. The quantitative estimate of drug-likeness (QED) is 0.742. The number of nitrogens with one attached hydrogen (secondary N) is 1. The number of hydrogen-bond acceptors (Lipinski definition) is 4. The van der Waals surface area contributed by atoms with Crippen molar-refractivity contribution in [1.29, 1.82) is 0 Å². The highest BCUT2D eigenvalue weighted by molar-refractivity contribution is 5.94. The molecule has 2 aromatic rings. The van der Waals surface area contributed by atoms with E-state index in [1.165, 1.54) is 23.7 Å². The molecule has 3 rings (SSSR count). The van der Waals surface area contributed by atoms with Crippen molar-refractivity contribution in [3.8, 4) is 0 Å². The van der Waals surface area contributed by atoms with Crippen LogP contribution in [0.4, 0.5) is 0 Å². The van der Waals surface area contributed by atoms with Gasteiger partial charge in [0.1, 0.15) is 6.26 Å². The second-order valence-corrected chi connectivity index (χ2v) is 7.53. The summed E-state index contributed by atoms with van der Waals surface area (Å²) in [5.74, 6) is 0.0133. The standard InChI is InChI=1S/C23H31N3O3/c1-3-25(4-2)16-20-8-6-5-7-19(20)15-24-22(27)18-9-12-26(13-10-18)23(28)21-11-14-29-17-21/h5-8,11,14,17-18H,3-4,9-10,12-13,15-16H2,1-2H3,(H,24,27). The summed E-state index contributed by atoms with van der Waals surface area (Å²) in [7, 11) is 0. The Morgan fingerprint density at radius 3 is 2.41 bits per heavy atom. The first-order valence-electron chi connectivity index (χ1n) is 10.5. The molecule has 6 nitrogen and oxygen atoms in total. The number of carbonyl (C=O) groups is 2. The van der Waals surface area contributed by atoms with Crippen molar-refractivity contribution in [2.24, 2.45) is 5.92 Å². The van der Waals surface area contributed by atoms with Gasteiger partial charge in [0.2, 0.25) is 5.91 Å². The summed E-state index contributed by atoms with van der Waals surface area (Å²) in [6, 6.07) is 9.98. The molecule has 2 heterocycles. The molecule has 2 amide bonds. The van der Waals surface area contributed by atoms with Crippen molar-refractivity contribution in [2.75, 3.05) is 26.2 Å². The zero-order valence-corrected chi connectivity index (χ0v) is 17.4. The van der Waals surface area contributed by atoms with Crippen LogP contribution in [0.1, 0.15) is 48.2 Å². The fourth-order valence-corrected chi connectivity index (χ4v) is 3.81. The largest absolute Gasteiger partial charge is 0.472 e. The number of carbonyl (C=O) groups excluding carboxylic acids is 2. The van der Waals surface area contributed by atoms with Gasteiger partial charge < -0.3 is 14.6 Å². The third kappa shape index (κ3) is 5.48. The molecular formula is C23H31N3O3. The fraction of sp³-hybridized carbons (Fsp3) is 0.478. The second kappa shape index (κ2) is 10.3. The predicted molar refractivity (Wildman–Crippen MR) is 112 cm³/mol. The normalized spacial score (nSPS) is 14.9. The molecule has 0 radical (unpaired) electrons. The highest BCUT2D eigenvalue weighted by atomic mass is 16.3. The minimum atomic E-state index is -0.0432. The van der Waals surface area contributed by atoms with E-state index in [2.05, 4.69) is 42.3 Å². The van der Waals surface area contributed by atoms with Gasteiger partial charge in [-0.15, -0.1) is 0 Å². The van der Waals surface area contributed by atoms with Crippen molar-refractivity contribution in [3.05, 3.63) is 59.5 Å². The molecule has 0 spiro atoms. The van der Waals surface area contributed by atoms with Crippen LogP contribution in [0.25, 0.3) is 0 Å². The number of rotatable bonds is 8. The van der Waals surface area contributed by atoms with Crippen LogP contribution >= 0.6 is 0 Å². The van der Waals surface area contributed by atoms with Gasteiger partial charge in [-0.1, -0.05) is 38.1 Å². The topological polar surface area (TPSA) is 65.8 Å². The smallest absolute Gasteiger partial charge is 0.257 e. The summed E-state index contributed by atoms with van der Waals surface area (Å²) >= 11 is 0. The Morgan fingerprint density at radius 1 is 1.10 bits per heavy atom. The number of likely N-dealkylation sites (tertiary alicyclic amines) is 1. The van der Waals surface area contributed by atoms with Crippen LogP contribution < -0.4 is 5.32 Å². The van der Waals surface area contributed by atoms with E-state index in [-0.39, 0.29) is 17.7 Å². The fourth-order valence-electron chi connectivity index (χ4n) is 3.81. The highest BCUT2D eigenvalue weighted by Crippen LogP contribution is 2.20. The Morgan fingerprint density at radius 2 is 1.79 bits per heavy atom. The van der Waals surface area contributed by atoms with E-state index in [1.54, 1.807) is 11.0 Å². The van der Waals surface area contributed by atoms with Gasteiger partial charge in [0.25, 0.3) is 5.91 Å². The molecule has 1 aliphatic rings. The Balaban J connectivity index is 1.50. The maximum absolute atomic E-state index is 12.7. The summed E-state index contributed by atoms with van der Waals surface area (Å²) in [5, 5.41) is 3.11. The first-order valence-corrected chi connectivity index (χ1v) is 10.5. The van der Waals surface area contributed by atoms with Crippen molar-refractivity contribution in [3.63, 3.8) is 0 Å². The average Bonchev–Trinajstić information content (AvgIpc) is 3.31.